The van der Waals surface area contributed by atoms with E-state index < -0.39 is 0 Å². The minimum Gasteiger partial charge on any atom is -0.322 e. The summed E-state index contributed by atoms with van der Waals surface area (Å²) in [6, 6.07) is 10.1. The van der Waals surface area contributed by atoms with Gasteiger partial charge in [-0.05, 0) is 18.1 Å². The quantitative estimate of drug-likeness (QED) is 0.834. The van der Waals surface area contributed by atoms with Crippen LogP contribution in [-0.2, 0) is 7.05 Å². The molecule has 134 valence electrons. The summed E-state index contributed by atoms with van der Waals surface area (Å²) in [6.07, 6.45) is 5.99. The molecule has 0 unspecified atom stereocenters. The number of hydrogen-bond donors (Lipinski definition) is 0. The van der Waals surface area contributed by atoms with Gasteiger partial charge in [-0.25, -0.2) is 4.98 Å². The molecule has 2 aliphatic rings. The molecule has 26 heavy (non-hydrogen) atoms. The summed E-state index contributed by atoms with van der Waals surface area (Å²) in [6.45, 7) is 4.31. The van der Waals surface area contributed by atoms with Crippen LogP contribution in [-0.4, -0.2) is 46.0 Å². The number of hydrogen-bond acceptors (Lipinski definition) is 4. The van der Waals surface area contributed by atoms with Crippen LogP contribution in [0.4, 0.5) is 5.82 Å². The number of guanidine groups is 1. The van der Waals surface area contributed by atoms with Crippen molar-refractivity contribution in [1.29, 1.82) is 0 Å². The third kappa shape index (κ3) is 2.71. The van der Waals surface area contributed by atoms with Crippen molar-refractivity contribution in [2.24, 2.45) is 12.0 Å². The Bertz CT molecular complexity index is 881. The third-order valence-corrected chi connectivity index (χ3v) is 4.83. The molecule has 0 N–H and O–H groups in total. The summed E-state index contributed by atoms with van der Waals surface area (Å²) < 4.78 is 1.89. The van der Waals surface area contributed by atoms with E-state index in [0.29, 0.717) is 18.8 Å². The first kappa shape index (κ1) is 16.6. The zero-order valence-corrected chi connectivity index (χ0v) is 15.2. The van der Waals surface area contributed by atoms with Gasteiger partial charge < -0.3 is 4.57 Å². The van der Waals surface area contributed by atoms with Gasteiger partial charge in [0.2, 0.25) is 5.96 Å². The highest BCUT2D eigenvalue weighted by Crippen LogP contribution is 2.31. The number of aromatic nitrogens is 2. The molecule has 0 atom stereocenters. The number of anilines is 1. The summed E-state index contributed by atoms with van der Waals surface area (Å²) in [4.78, 5) is 26.3. The normalized spacial score (nSPS) is 16.2. The second-order valence-corrected chi connectivity index (χ2v) is 6.59. The van der Waals surface area contributed by atoms with Crippen LogP contribution in [0.1, 0.15) is 41.6 Å². The van der Waals surface area contributed by atoms with Crippen molar-refractivity contribution in [2.75, 3.05) is 24.5 Å². The number of unbranched alkanes of at least 4 members (excludes halogenated alkanes) is 1. The molecule has 0 saturated heterocycles. The molecular weight excluding hydrogens is 326 g/mol. The van der Waals surface area contributed by atoms with Gasteiger partial charge in [-0.3, -0.25) is 19.6 Å². The fourth-order valence-electron chi connectivity index (χ4n) is 3.42. The van der Waals surface area contributed by atoms with Gasteiger partial charge in [0.15, 0.2) is 11.5 Å². The lowest BCUT2D eigenvalue weighted by molar-refractivity contribution is 0.0830. The van der Waals surface area contributed by atoms with Gasteiger partial charge in [-0.2, -0.15) is 0 Å². The molecule has 0 saturated carbocycles. The number of benzene rings is 1. The summed E-state index contributed by atoms with van der Waals surface area (Å²) in [7, 11) is 1.91. The van der Waals surface area contributed by atoms with Crippen LogP contribution in [0.2, 0.25) is 0 Å². The average Bonchev–Trinajstić information content (AvgIpc) is 3.26. The lowest BCUT2D eigenvalue weighted by atomic mass is 10.2. The molecule has 0 radical (unpaired) electrons. The number of rotatable bonds is 5. The molecule has 0 spiro atoms. The van der Waals surface area contributed by atoms with E-state index >= 15 is 0 Å². The fraction of sp³-hybridized carbons (Fsp3) is 0.350. The number of aliphatic imine (C=N–C) groups is 1. The molecule has 2 aromatic rings. The summed E-state index contributed by atoms with van der Waals surface area (Å²) in [5.41, 5.74) is 1.75. The number of amides is 1. The minimum absolute atomic E-state index is 0.000267. The summed E-state index contributed by atoms with van der Waals surface area (Å²) in [5.74, 6) is 2.26. The van der Waals surface area contributed by atoms with Crippen LogP contribution in [0.15, 0.2) is 35.3 Å². The van der Waals surface area contributed by atoms with Gasteiger partial charge in [-0.15, -0.1) is 0 Å². The Morgan fingerprint density at radius 3 is 2.77 bits per heavy atom. The maximum Gasteiger partial charge on any atom is 0.281 e. The average molecular weight is 349 g/mol. The van der Waals surface area contributed by atoms with E-state index in [1.807, 2.05) is 59.0 Å². The Labute approximate surface area is 153 Å². The highest BCUT2D eigenvalue weighted by Gasteiger charge is 2.40. The zero-order valence-electron chi connectivity index (χ0n) is 15.2. The SMILES string of the molecule is CCCCN1C(=O)c2c(nc(C=Cc3ccccc3)n2C)N2CCN=C12. The molecule has 2 aliphatic heterocycles. The standard InChI is InChI=1S/C20H23N5O/c1-3-4-13-25-19(26)17-18(24-14-12-21-20(24)25)22-16(23(17)2)11-10-15-8-6-5-7-9-15/h5-11H,3-4,12-14H2,1-2H3. The van der Waals surface area contributed by atoms with Gasteiger partial charge in [0.25, 0.3) is 5.91 Å². The van der Waals surface area contributed by atoms with Crippen molar-refractivity contribution < 1.29 is 4.79 Å². The number of nitrogens with zero attached hydrogens (tertiary/aromatic N) is 5. The summed E-state index contributed by atoms with van der Waals surface area (Å²) >= 11 is 0. The Kier molecular flexibility index (Phi) is 4.32. The molecular formula is C20H23N5O. The van der Waals surface area contributed by atoms with Gasteiger partial charge in [0.1, 0.15) is 5.82 Å². The second-order valence-electron chi connectivity index (χ2n) is 6.59. The van der Waals surface area contributed by atoms with E-state index in [9.17, 15) is 4.79 Å². The van der Waals surface area contributed by atoms with Crippen molar-refractivity contribution in [3.8, 4) is 0 Å². The van der Waals surface area contributed by atoms with Crippen LogP contribution in [0.25, 0.3) is 12.2 Å². The monoisotopic (exact) mass is 349 g/mol. The molecule has 0 bridgehead atoms. The lowest BCUT2D eigenvalue weighted by Crippen LogP contribution is -2.51. The molecule has 1 aromatic carbocycles. The van der Waals surface area contributed by atoms with Crippen molar-refractivity contribution in [3.63, 3.8) is 0 Å². The predicted octanol–water partition coefficient (Wildman–Crippen LogP) is 3.02. The van der Waals surface area contributed by atoms with Gasteiger partial charge in [0.05, 0.1) is 6.54 Å². The predicted molar refractivity (Wildman–Crippen MR) is 104 cm³/mol. The largest absolute Gasteiger partial charge is 0.322 e. The Balaban J connectivity index is 1.71. The van der Waals surface area contributed by atoms with E-state index in [1.54, 1.807) is 0 Å². The lowest BCUT2D eigenvalue weighted by Gasteiger charge is -2.33. The smallest absolute Gasteiger partial charge is 0.281 e. The van der Waals surface area contributed by atoms with Crippen molar-refractivity contribution in [2.45, 2.75) is 19.8 Å². The second kappa shape index (κ2) is 6.78. The highest BCUT2D eigenvalue weighted by atomic mass is 16.2. The number of imidazole rings is 1. The van der Waals surface area contributed by atoms with Crippen molar-refractivity contribution in [1.82, 2.24) is 14.5 Å². The number of carbonyl (C=O) groups excluding carboxylic acids is 1. The van der Waals surface area contributed by atoms with Gasteiger partial charge in [-0.1, -0.05) is 49.8 Å². The first-order chi connectivity index (χ1) is 12.7. The van der Waals surface area contributed by atoms with E-state index in [0.717, 1.165) is 42.6 Å². The fourth-order valence-corrected chi connectivity index (χ4v) is 3.42. The van der Waals surface area contributed by atoms with E-state index in [4.69, 9.17) is 4.98 Å². The number of fused-ring (bicyclic) bond motifs is 3. The van der Waals surface area contributed by atoms with Crippen LogP contribution in [0.5, 0.6) is 0 Å². The maximum atomic E-state index is 13.1. The molecule has 4 rings (SSSR count). The van der Waals surface area contributed by atoms with Gasteiger partial charge in [0, 0.05) is 20.1 Å². The zero-order chi connectivity index (χ0) is 18.1. The first-order valence-corrected chi connectivity index (χ1v) is 9.14. The molecule has 1 aromatic heterocycles. The summed E-state index contributed by atoms with van der Waals surface area (Å²) in [5, 5.41) is 0. The Morgan fingerprint density at radius 1 is 1.19 bits per heavy atom. The van der Waals surface area contributed by atoms with E-state index in [1.165, 1.54) is 0 Å². The van der Waals surface area contributed by atoms with Crippen LogP contribution >= 0.6 is 0 Å². The molecule has 3 heterocycles. The number of carbonyl (C=O) groups is 1. The van der Waals surface area contributed by atoms with E-state index in [2.05, 4.69) is 16.8 Å². The molecule has 0 fully saturated rings. The topological polar surface area (TPSA) is 53.7 Å². The van der Waals surface area contributed by atoms with Gasteiger partial charge >= 0.3 is 0 Å². The van der Waals surface area contributed by atoms with Crippen molar-refractivity contribution >= 4 is 29.8 Å². The molecule has 0 aliphatic carbocycles. The van der Waals surface area contributed by atoms with E-state index in [-0.39, 0.29) is 5.91 Å². The molecule has 1 amide bonds. The Hall–Kier alpha value is -2.89. The maximum absolute atomic E-state index is 13.1. The highest BCUT2D eigenvalue weighted by molar-refractivity contribution is 6.18. The van der Waals surface area contributed by atoms with Crippen LogP contribution in [0, 0.1) is 0 Å². The minimum atomic E-state index is -0.000267. The first-order valence-electron chi connectivity index (χ1n) is 9.14. The van der Waals surface area contributed by atoms with Crippen molar-refractivity contribution in [3.05, 3.63) is 47.4 Å². The molecule has 6 nitrogen and oxygen atoms in total. The third-order valence-electron chi connectivity index (χ3n) is 4.83. The molecule has 6 heteroatoms. The Morgan fingerprint density at radius 2 is 2.00 bits per heavy atom. The van der Waals surface area contributed by atoms with Crippen LogP contribution < -0.4 is 4.90 Å². The van der Waals surface area contributed by atoms with Crippen LogP contribution in [0.3, 0.4) is 0 Å².